The van der Waals surface area contributed by atoms with Gasteiger partial charge in [-0.15, -0.1) is 0 Å². The van der Waals surface area contributed by atoms with E-state index in [0.717, 1.165) is 6.42 Å². The molecule has 0 aromatic heterocycles. The van der Waals surface area contributed by atoms with E-state index in [1.807, 2.05) is 6.92 Å². The molecule has 3 N–H and O–H groups in total. The lowest BCUT2D eigenvalue weighted by molar-refractivity contribution is -0.156. The molecule has 0 spiro atoms. The fourth-order valence-corrected chi connectivity index (χ4v) is 5.85. The Morgan fingerprint density at radius 3 is 2.75 bits per heavy atom. The lowest BCUT2D eigenvalue weighted by Gasteiger charge is -2.36. The zero-order chi connectivity index (χ0) is 23.5. The summed E-state index contributed by atoms with van der Waals surface area (Å²) in [5.74, 6) is -0.646. The van der Waals surface area contributed by atoms with Gasteiger partial charge in [-0.1, -0.05) is 13.0 Å². The van der Waals surface area contributed by atoms with Gasteiger partial charge in [-0.3, -0.25) is 9.59 Å². The smallest absolute Gasteiger partial charge is 0.253 e. The van der Waals surface area contributed by atoms with Crippen LogP contribution in [0.25, 0.3) is 0 Å². The first-order valence-corrected chi connectivity index (χ1v) is 12.3. The molecule has 0 saturated carbocycles. The van der Waals surface area contributed by atoms with E-state index in [1.165, 1.54) is 18.1 Å². The van der Waals surface area contributed by atoms with Crippen molar-refractivity contribution >= 4 is 27.5 Å². The lowest BCUT2D eigenvalue weighted by atomic mass is 10.1. The Labute approximate surface area is 189 Å². The van der Waals surface area contributed by atoms with Crippen molar-refractivity contribution < 1.29 is 27.5 Å². The predicted molar refractivity (Wildman–Crippen MR) is 119 cm³/mol. The van der Waals surface area contributed by atoms with Gasteiger partial charge >= 0.3 is 0 Å². The lowest BCUT2D eigenvalue weighted by Crippen LogP contribution is -2.57. The molecule has 2 amide bonds. The summed E-state index contributed by atoms with van der Waals surface area (Å²) in [6.45, 7) is 4.57. The molecule has 2 aliphatic rings. The van der Waals surface area contributed by atoms with Gasteiger partial charge < -0.3 is 25.0 Å². The van der Waals surface area contributed by atoms with Crippen LogP contribution < -0.4 is 15.4 Å². The minimum absolute atomic E-state index is 0.0268. The van der Waals surface area contributed by atoms with Crippen molar-refractivity contribution in [3.8, 4) is 0 Å². The Morgan fingerprint density at radius 2 is 2.12 bits per heavy atom. The summed E-state index contributed by atoms with van der Waals surface area (Å²) >= 11 is 0. The summed E-state index contributed by atoms with van der Waals surface area (Å²) in [7, 11) is -2.57. The van der Waals surface area contributed by atoms with Crippen LogP contribution in [-0.4, -0.2) is 76.9 Å². The number of nitrogens with two attached hydrogens (primary N) is 1. The number of anilines is 1. The summed E-state index contributed by atoms with van der Waals surface area (Å²) in [5.41, 5.74) is 6.05. The zero-order valence-electron chi connectivity index (χ0n) is 18.8. The number of sulfonamides is 1. The first-order chi connectivity index (χ1) is 15.2. The highest BCUT2D eigenvalue weighted by Gasteiger charge is 2.42. The largest absolute Gasteiger partial charge is 0.370 e. The van der Waals surface area contributed by atoms with E-state index in [9.17, 15) is 18.0 Å². The van der Waals surface area contributed by atoms with Crippen molar-refractivity contribution in [2.24, 2.45) is 5.73 Å². The van der Waals surface area contributed by atoms with Gasteiger partial charge in [-0.05, 0) is 43.9 Å². The van der Waals surface area contributed by atoms with E-state index in [1.54, 1.807) is 24.0 Å². The van der Waals surface area contributed by atoms with Crippen LogP contribution in [0.1, 0.15) is 32.3 Å². The quantitative estimate of drug-likeness (QED) is 0.557. The second kappa shape index (κ2) is 9.84. The number of methoxy groups -OCH3 is 1. The summed E-state index contributed by atoms with van der Waals surface area (Å²) in [5, 5.41) is 0. The van der Waals surface area contributed by atoms with Gasteiger partial charge in [0.15, 0.2) is 0 Å². The van der Waals surface area contributed by atoms with Crippen molar-refractivity contribution in [1.82, 2.24) is 9.62 Å². The average molecular weight is 469 g/mol. The number of nitrogens with zero attached hydrogens (tertiary/aromatic N) is 2. The van der Waals surface area contributed by atoms with Crippen molar-refractivity contribution in [3.05, 3.63) is 23.8 Å². The first kappa shape index (κ1) is 24.6. The van der Waals surface area contributed by atoms with E-state index in [0.29, 0.717) is 43.8 Å². The molecule has 2 aliphatic heterocycles. The molecule has 2 fully saturated rings. The Balaban J connectivity index is 1.91. The maximum Gasteiger partial charge on any atom is 0.253 e. The van der Waals surface area contributed by atoms with Gasteiger partial charge in [-0.2, -0.15) is 4.72 Å². The second-order valence-electron chi connectivity index (χ2n) is 8.09. The van der Waals surface area contributed by atoms with Crippen LogP contribution >= 0.6 is 0 Å². The maximum atomic E-state index is 13.4. The van der Waals surface area contributed by atoms with E-state index in [2.05, 4.69) is 4.72 Å². The van der Waals surface area contributed by atoms with Crippen LogP contribution in [0.5, 0.6) is 0 Å². The third-order valence-electron chi connectivity index (χ3n) is 6.16. The molecule has 178 valence electrons. The Kier molecular flexibility index (Phi) is 7.56. The number of carbonyl (C=O) groups excluding carboxylic acids is 2. The number of rotatable bonds is 8. The molecule has 2 saturated heterocycles. The number of hydrogen-bond donors (Lipinski definition) is 2. The van der Waals surface area contributed by atoms with Gasteiger partial charge in [0, 0.05) is 32.4 Å². The van der Waals surface area contributed by atoms with Crippen molar-refractivity contribution in [3.63, 3.8) is 0 Å². The standard InChI is InChI=1S/C21H32N4O6S/c1-4-15-17(24-11-12-31-14-19(24)26)7-5-8-18(15)32(28,29)23-16(13-22)20(27)25-10-6-9-21(25,2)30-3/h5,7-8,16,23H,4,6,9-14,22H2,1-3H3/t16-,21-/m0/s1. The molecule has 0 bridgehead atoms. The minimum Gasteiger partial charge on any atom is -0.370 e. The van der Waals surface area contributed by atoms with Crippen molar-refractivity contribution in [2.45, 2.75) is 49.8 Å². The topological polar surface area (TPSA) is 131 Å². The van der Waals surface area contributed by atoms with Crippen LogP contribution in [0.4, 0.5) is 5.69 Å². The highest BCUT2D eigenvalue weighted by molar-refractivity contribution is 7.89. The highest BCUT2D eigenvalue weighted by Crippen LogP contribution is 2.31. The second-order valence-corrected chi connectivity index (χ2v) is 9.77. The number of carbonyl (C=O) groups is 2. The molecule has 0 radical (unpaired) electrons. The molecule has 0 unspecified atom stereocenters. The summed E-state index contributed by atoms with van der Waals surface area (Å²) in [6, 6.07) is 3.66. The molecule has 2 atom stereocenters. The third kappa shape index (κ3) is 4.67. The number of morpholine rings is 1. The third-order valence-corrected chi connectivity index (χ3v) is 7.71. The van der Waals surface area contributed by atoms with Gasteiger partial charge in [0.05, 0.1) is 11.5 Å². The number of ether oxygens (including phenoxy) is 2. The van der Waals surface area contributed by atoms with Crippen LogP contribution in [0.3, 0.4) is 0 Å². The van der Waals surface area contributed by atoms with Crippen LogP contribution in [0, 0.1) is 0 Å². The van der Waals surface area contributed by atoms with E-state index in [-0.39, 0.29) is 24.0 Å². The molecule has 0 aliphatic carbocycles. The molecular formula is C21H32N4O6S. The molecule has 2 heterocycles. The van der Waals surface area contributed by atoms with Crippen molar-refractivity contribution in [2.75, 3.05) is 44.9 Å². The molecular weight excluding hydrogens is 436 g/mol. The molecule has 1 aromatic rings. The predicted octanol–water partition coefficient (Wildman–Crippen LogP) is 0.203. The Bertz CT molecular complexity index is 969. The number of nitrogens with one attached hydrogen (secondary N) is 1. The SMILES string of the molecule is CCc1c(N2CCOCC2=O)cccc1S(=O)(=O)N[C@@H](CN)C(=O)N1CCC[C@]1(C)OC. The van der Waals surface area contributed by atoms with E-state index < -0.39 is 27.7 Å². The fraction of sp³-hybridized carbons (Fsp3) is 0.619. The minimum atomic E-state index is -4.10. The number of hydrogen-bond acceptors (Lipinski definition) is 7. The normalized spacial score (nSPS) is 22.9. The van der Waals surface area contributed by atoms with Crippen LogP contribution in [0.15, 0.2) is 23.1 Å². The highest BCUT2D eigenvalue weighted by atomic mass is 32.2. The molecule has 32 heavy (non-hydrogen) atoms. The van der Waals surface area contributed by atoms with E-state index >= 15 is 0 Å². The fourth-order valence-electron chi connectivity index (χ4n) is 4.32. The van der Waals surface area contributed by atoms with Crippen LogP contribution in [0.2, 0.25) is 0 Å². The summed E-state index contributed by atoms with van der Waals surface area (Å²) in [6.07, 6.45) is 1.80. The van der Waals surface area contributed by atoms with Gasteiger partial charge in [0.25, 0.3) is 5.91 Å². The number of benzene rings is 1. The first-order valence-electron chi connectivity index (χ1n) is 10.8. The molecule has 11 heteroatoms. The molecule has 1 aromatic carbocycles. The molecule has 10 nitrogen and oxygen atoms in total. The maximum absolute atomic E-state index is 13.4. The average Bonchev–Trinajstić information content (AvgIpc) is 3.18. The number of amides is 2. The summed E-state index contributed by atoms with van der Waals surface area (Å²) < 4.78 is 39.9. The number of likely N-dealkylation sites (tertiary alicyclic amines) is 1. The van der Waals surface area contributed by atoms with Crippen LogP contribution in [-0.2, 0) is 35.5 Å². The molecule has 3 rings (SSSR count). The van der Waals surface area contributed by atoms with Gasteiger partial charge in [0.1, 0.15) is 18.4 Å². The van der Waals surface area contributed by atoms with Crippen molar-refractivity contribution in [1.29, 1.82) is 0 Å². The Morgan fingerprint density at radius 1 is 1.38 bits per heavy atom. The zero-order valence-corrected chi connectivity index (χ0v) is 19.6. The van der Waals surface area contributed by atoms with E-state index in [4.69, 9.17) is 15.2 Å². The monoisotopic (exact) mass is 468 g/mol. The Hall–Kier alpha value is -2.05. The van der Waals surface area contributed by atoms with Gasteiger partial charge in [-0.25, -0.2) is 8.42 Å². The summed E-state index contributed by atoms with van der Waals surface area (Å²) in [4.78, 5) is 28.6. The van der Waals surface area contributed by atoms with Gasteiger partial charge in [0.2, 0.25) is 15.9 Å².